The molecule has 8 nitrogen and oxygen atoms in total. The molecule has 2 aromatic carbocycles. The number of anilines is 1. The summed E-state index contributed by atoms with van der Waals surface area (Å²) in [4.78, 5) is 22.9. The van der Waals surface area contributed by atoms with Crippen molar-refractivity contribution in [2.24, 2.45) is 0 Å². The van der Waals surface area contributed by atoms with Crippen molar-refractivity contribution >= 4 is 23.6 Å². The zero-order valence-corrected chi connectivity index (χ0v) is 14.7. The Hall–Kier alpha value is -3.99. The summed E-state index contributed by atoms with van der Waals surface area (Å²) in [6, 6.07) is 13.2. The predicted octanol–water partition coefficient (Wildman–Crippen LogP) is 2.47. The number of hydrogen-bond acceptors (Lipinski definition) is 6. The van der Waals surface area contributed by atoms with Gasteiger partial charge in [0.15, 0.2) is 18.1 Å². The average Bonchev–Trinajstić information content (AvgIpc) is 2.71. The topological polar surface area (TPSA) is 118 Å². The Balaban J connectivity index is 1.69. The lowest BCUT2D eigenvalue weighted by Gasteiger charge is -2.18. The van der Waals surface area contributed by atoms with Gasteiger partial charge in [0.1, 0.15) is 30.6 Å². The average molecular weight is 380 g/mol. The van der Waals surface area contributed by atoms with E-state index >= 15 is 0 Å². The number of carboxylic acids is 1. The fourth-order valence-corrected chi connectivity index (χ4v) is 2.44. The first kappa shape index (κ1) is 18.8. The quantitative estimate of drug-likeness (QED) is 0.584. The van der Waals surface area contributed by atoms with Crippen LogP contribution in [0.15, 0.2) is 48.0 Å². The molecule has 2 aromatic rings. The smallest absolute Gasteiger partial charge is 0.341 e. The third kappa shape index (κ3) is 4.80. The highest BCUT2D eigenvalue weighted by Gasteiger charge is 2.14. The van der Waals surface area contributed by atoms with Gasteiger partial charge in [-0.2, -0.15) is 5.26 Å². The molecule has 1 amide bonds. The number of rotatable bonds is 6. The number of carboxylic acid groups (broad SMARTS) is 1. The van der Waals surface area contributed by atoms with Gasteiger partial charge in [-0.05, 0) is 35.9 Å². The highest BCUT2D eigenvalue weighted by molar-refractivity contribution is 6.09. The molecule has 142 valence electrons. The molecule has 0 bridgehead atoms. The van der Waals surface area contributed by atoms with E-state index < -0.39 is 18.5 Å². The number of amides is 1. The second kappa shape index (κ2) is 8.60. The number of benzene rings is 2. The van der Waals surface area contributed by atoms with Crippen molar-refractivity contribution in [3.8, 4) is 23.3 Å². The second-order valence-corrected chi connectivity index (χ2v) is 5.73. The van der Waals surface area contributed by atoms with Crippen LogP contribution in [0.2, 0.25) is 0 Å². The van der Waals surface area contributed by atoms with Gasteiger partial charge in [-0.25, -0.2) is 4.79 Å². The van der Waals surface area contributed by atoms with Crippen LogP contribution in [0.1, 0.15) is 5.56 Å². The molecule has 3 rings (SSSR count). The van der Waals surface area contributed by atoms with E-state index in [1.54, 1.807) is 42.5 Å². The zero-order chi connectivity index (χ0) is 19.9. The Morgan fingerprint density at radius 2 is 1.86 bits per heavy atom. The van der Waals surface area contributed by atoms with Crippen LogP contribution in [0.5, 0.6) is 17.2 Å². The number of aliphatic carboxylic acids is 1. The molecular formula is C20H16N2O6. The largest absolute Gasteiger partial charge is 0.486 e. The molecule has 0 aromatic heterocycles. The highest BCUT2D eigenvalue weighted by atomic mass is 16.6. The summed E-state index contributed by atoms with van der Waals surface area (Å²) >= 11 is 0. The molecule has 0 aliphatic carbocycles. The molecule has 0 unspecified atom stereocenters. The molecule has 1 aliphatic heterocycles. The van der Waals surface area contributed by atoms with Crippen molar-refractivity contribution in [3.05, 3.63) is 53.6 Å². The second-order valence-electron chi connectivity index (χ2n) is 5.73. The van der Waals surface area contributed by atoms with Crippen LogP contribution in [0.3, 0.4) is 0 Å². The number of nitrogens with one attached hydrogen (secondary N) is 1. The van der Waals surface area contributed by atoms with Gasteiger partial charge in [0.05, 0.1) is 0 Å². The number of fused-ring (bicyclic) bond motifs is 1. The minimum Gasteiger partial charge on any atom is -0.486 e. The fourth-order valence-electron chi connectivity index (χ4n) is 2.44. The Morgan fingerprint density at radius 1 is 1.14 bits per heavy atom. The molecule has 28 heavy (non-hydrogen) atoms. The maximum atomic E-state index is 12.4. The lowest BCUT2D eigenvalue weighted by Crippen LogP contribution is -2.17. The fraction of sp³-hybridized carbons (Fsp3) is 0.150. The summed E-state index contributed by atoms with van der Waals surface area (Å²) in [5.41, 5.74) is 0.985. The van der Waals surface area contributed by atoms with E-state index in [1.807, 2.05) is 6.07 Å². The van der Waals surface area contributed by atoms with E-state index in [1.165, 1.54) is 6.08 Å². The van der Waals surface area contributed by atoms with Crippen molar-refractivity contribution in [1.82, 2.24) is 0 Å². The van der Waals surface area contributed by atoms with Gasteiger partial charge >= 0.3 is 5.97 Å². The van der Waals surface area contributed by atoms with Crippen LogP contribution >= 0.6 is 0 Å². The van der Waals surface area contributed by atoms with Crippen molar-refractivity contribution in [3.63, 3.8) is 0 Å². The van der Waals surface area contributed by atoms with E-state index in [4.69, 9.17) is 19.3 Å². The minimum absolute atomic E-state index is 0.0888. The van der Waals surface area contributed by atoms with Crippen LogP contribution in [0.25, 0.3) is 6.08 Å². The Morgan fingerprint density at radius 3 is 2.54 bits per heavy atom. The summed E-state index contributed by atoms with van der Waals surface area (Å²) in [7, 11) is 0. The Kier molecular flexibility index (Phi) is 5.77. The first-order valence-corrected chi connectivity index (χ1v) is 8.32. The SMILES string of the molecule is N#C/C(=C\c1ccc(OCC(=O)O)cc1)C(=O)Nc1ccc2c(c1)OCCO2. The summed E-state index contributed by atoms with van der Waals surface area (Å²) in [6.07, 6.45) is 1.42. The summed E-state index contributed by atoms with van der Waals surface area (Å²) in [5, 5.41) is 20.6. The van der Waals surface area contributed by atoms with Crippen LogP contribution in [0, 0.1) is 11.3 Å². The minimum atomic E-state index is -1.08. The van der Waals surface area contributed by atoms with E-state index in [0.29, 0.717) is 41.7 Å². The van der Waals surface area contributed by atoms with Gasteiger partial charge < -0.3 is 24.6 Å². The zero-order valence-electron chi connectivity index (χ0n) is 14.7. The Bertz CT molecular complexity index is 960. The lowest BCUT2D eigenvalue weighted by molar-refractivity contribution is -0.139. The van der Waals surface area contributed by atoms with Crippen LogP contribution < -0.4 is 19.5 Å². The summed E-state index contributed by atoms with van der Waals surface area (Å²) in [5.74, 6) is -0.135. The molecule has 1 aliphatic rings. The number of carbonyl (C=O) groups is 2. The monoisotopic (exact) mass is 380 g/mol. The number of hydrogen-bond donors (Lipinski definition) is 2. The molecule has 1 heterocycles. The lowest BCUT2D eigenvalue weighted by atomic mass is 10.1. The molecule has 0 spiro atoms. The molecule has 0 saturated heterocycles. The van der Waals surface area contributed by atoms with E-state index in [2.05, 4.69) is 5.32 Å². The highest BCUT2D eigenvalue weighted by Crippen LogP contribution is 2.32. The maximum absolute atomic E-state index is 12.4. The number of nitriles is 1. The first-order valence-electron chi connectivity index (χ1n) is 8.32. The third-order valence-corrected chi connectivity index (χ3v) is 3.72. The molecule has 0 saturated carbocycles. The molecule has 0 fully saturated rings. The predicted molar refractivity (Wildman–Crippen MR) is 99.2 cm³/mol. The van der Waals surface area contributed by atoms with Crippen molar-refractivity contribution in [2.45, 2.75) is 0 Å². The maximum Gasteiger partial charge on any atom is 0.341 e. The van der Waals surface area contributed by atoms with Crippen LogP contribution in [0.4, 0.5) is 5.69 Å². The van der Waals surface area contributed by atoms with Crippen molar-refractivity contribution < 1.29 is 28.9 Å². The Labute approximate surface area is 160 Å². The molecule has 0 atom stereocenters. The summed E-state index contributed by atoms with van der Waals surface area (Å²) < 4.78 is 15.9. The number of ether oxygens (including phenoxy) is 3. The van der Waals surface area contributed by atoms with E-state index in [0.717, 1.165) is 0 Å². The number of carbonyl (C=O) groups excluding carboxylic acids is 1. The third-order valence-electron chi connectivity index (χ3n) is 3.72. The van der Waals surface area contributed by atoms with Crippen molar-refractivity contribution in [1.29, 1.82) is 5.26 Å². The molecular weight excluding hydrogens is 364 g/mol. The van der Waals surface area contributed by atoms with Gasteiger partial charge in [-0.1, -0.05) is 12.1 Å². The van der Waals surface area contributed by atoms with Gasteiger partial charge in [0.25, 0.3) is 5.91 Å². The number of nitrogens with zero attached hydrogens (tertiary/aromatic N) is 1. The molecule has 2 N–H and O–H groups in total. The van der Waals surface area contributed by atoms with E-state index in [9.17, 15) is 14.9 Å². The molecule has 0 radical (unpaired) electrons. The van der Waals surface area contributed by atoms with Gasteiger partial charge in [0, 0.05) is 11.8 Å². The van der Waals surface area contributed by atoms with E-state index in [-0.39, 0.29) is 5.57 Å². The molecule has 8 heteroatoms. The normalized spacial score (nSPS) is 12.6. The van der Waals surface area contributed by atoms with Crippen LogP contribution in [-0.2, 0) is 9.59 Å². The summed E-state index contributed by atoms with van der Waals surface area (Å²) in [6.45, 7) is 0.455. The van der Waals surface area contributed by atoms with Crippen LogP contribution in [-0.4, -0.2) is 36.8 Å². The standard InChI is InChI=1S/C20H16N2O6/c21-11-14(9-13-1-4-16(5-2-13)28-12-19(23)24)20(25)22-15-3-6-17-18(10-15)27-8-7-26-17/h1-6,9-10H,7-8,12H2,(H,22,25)(H,23,24)/b14-9+. The van der Waals surface area contributed by atoms with Gasteiger partial charge in [0.2, 0.25) is 0 Å². The van der Waals surface area contributed by atoms with Gasteiger partial charge in [-0.15, -0.1) is 0 Å². The van der Waals surface area contributed by atoms with Crippen molar-refractivity contribution in [2.75, 3.05) is 25.1 Å². The van der Waals surface area contributed by atoms with Gasteiger partial charge in [-0.3, -0.25) is 4.79 Å². The first-order chi connectivity index (χ1) is 13.5.